The van der Waals surface area contributed by atoms with Gasteiger partial charge in [0.25, 0.3) is 0 Å². The molecule has 0 aromatic rings. The molecule has 8 atom stereocenters. The maximum Gasteiger partial charge on any atom is 0.303 e. The van der Waals surface area contributed by atoms with Crippen molar-refractivity contribution >= 4 is 17.5 Å². The largest absolute Gasteiger partial charge is 0.458 e. The quantitative estimate of drug-likeness (QED) is 0.683. The third kappa shape index (κ3) is 2.86. The number of hydrogen-bond donors (Lipinski definition) is 2. The van der Waals surface area contributed by atoms with Crippen LogP contribution in [-0.2, 0) is 19.1 Å². The lowest BCUT2D eigenvalue weighted by atomic mass is 9.44. The minimum atomic E-state index is -1.60. The van der Waals surface area contributed by atoms with Gasteiger partial charge in [0.05, 0.1) is 6.10 Å². The Kier molecular flexibility index (Phi) is 5.06. The van der Waals surface area contributed by atoms with E-state index in [1.165, 1.54) is 12.5 Å². The summed E-state index contributed by atoms with van der Waals surface area (Å²) in [5.41, 5.74) is -1.41. The van der Waals surface area contributed by atoms with E-state index in [1.807, 2.05) is 13.0 Å². The normalized spacial score (nSPS) is 47.6. The molecule has 0 aliphatic heterocycles. The summed E-state index contributed by atoms with van der Waals surface area (Å²) in [6.45, 7) is 7.09. The van der Waals surface area contributed by atoms with Crippen molar-refractivity contribution in [3.63, 3.8) is 0 Å². The third-order valence-corrected chi connectivity index (χ3v) is 9.23. The maximum atomic E-state index is 12.9. The van der Waals surface area contributed by atoms with Crippen molar-refractivity contribution in [2.45, 2.75) is 77.9 Å². The molecule has 0 aromatic heterocycles. The van der Waals surface area contributed by atoms with Crippen LogP contribution in [0.15, 0.2) is 11.6 Å². The summed E-state index contributed by atoms with van der Waals surface area (Å²) < 4.78 is 4.90. The zero-order valence-electron chi connectivity index (χ0n) is 18.4. The van der Waals surface area contributed by atoms with E-state index in [4.69, 9.17) is 4.74 Å². The van der Waals surface area contributed by atoms with Gasteiger partial charge in [-0.25, -0.2) is 0 Å². The van der Waals surface area contributed by atoms with Crippen molar-refractivity contribution < 1.29 is 29.3 Å². The van der Waals surface area contributed by atoms with Gasteiger partial charge in [0, 0.05) is 18.8 Å². The molecule has 0 radical (unpaired) electrons. The smallest absolute Gasteiger partial charge is 0.303 e. The van der Waals surface area contributed by atoms with Crippen LogP contribution in [-0.4, -0.2) is 46.1 Å². The Morgan fingerprint density at radius 1 is 1.27 bits per heavy atom. The Bertz CT molecular complexity index is 817. The first kappa shape index (κ1) is 21.7. The number of allylic oxidation sites excluding steroid dienone is 1. The van der Waals surface area contributed by atoms with E-state index in [0.29, 0.717) is 25.7 Å². The fourth-order valence-corrected chi connectivity index (χ4v) is 7.87. The molecule has 2 N–H and O–H groups in total. The van der Waals surface area contributed by atoms with Gasteiger partial charge < -0.3 is 14.9 Å². The van der Waals surface area contributed by atoms with Crippen LogP contribution < -0.4 is 0 Å². The molecule has 3 saturated carbocycles. The van der Waals surface area contributed by atoms with Crippen molar-refractivity contribution in [1.29, 1.82) is 0 Å². The molecule has 1 unspecified atom stereocenters. The Morgan fingerprint density at radius 2 is 1.97 bits per heavy atom. The van der Waals surface area contributed by atoms with Gasteiger partial charge in [-0.15, -0.1) is 0 Å². The minimum Gasteiger partial charge on any atom is -0.458 e. The lowest BCUT2D eigenvalue weighted by Gasteiger charge is -2.61. The number of carbonyl (C=O) groups is 3. The molecule has 4 rings (SSSR count). The predicted octanol–water partition coefficient (Wildman–Crippen LogP) is 2.60. The summed E-state index contributed by atoms with van der Waals surface area (Å²) in [7, 11) is 0. The second-order valence-corrected chi connectivity index (χ2v) is 10.7. The van der Waals surface area contributed by atoms with Gasteiger partial charge in [-0.3, -0.25) is 14.4 Å². The SMILES string of the molecule is CC(=O)OCC(=O)[C@@]1(O)CC[C@H]2[C@@H]3CC(C)C4=CC(=O)CC[C@]4(C)[C@H]3[C@@H](O)C[C@@]21C. The number of esters is 1. The van der Waals surface area contributed by atoms with E-state index in [1.54, 1.807) is 0 Å². The molecule has 3 fully saturated rings. The molecule has 0 heterocycles. The van der Waals surface area contributed by atoms with Crippen molar-refractivity contribution in [3.05, 3.63) is 11.6 Å². The number of aliphatic hydroxyl groups is 2. The number of aliphatic hydroxyl groups excluding tert-OH is 1. The standard InChI is InChI=1S/C24H34O6/c1-13-9-16-17-6-8-24(29,20(28)12-30-14(2)25)23(17,4)11-19(27)21(16)22(3)7-5-15(26)10-18(13)22/h10,13,16-17,19,21,27,29H,5-9,11-12H2,1-4H3/t13?,16-,17-,19-,21+,22-,23-,24-/m0/s1. The summed E-state index contributed by atoms with van der Waals surface area (Å²) in [6, 6.07) is 0. The Morgan fingerprint density at radius 3 is 2.63 bits per heavy atom. The van der Waals surface area contributed by atoms with E-state index in [9.17, 15) is 24.6 Å². The van der Waals surface area contributed by atoms with E-state index in [0.717, 1.165) is 12.8 Å². The Balaban J connectivity index is 1.69. The molecule has 0 bridgehead atoms. The van der Waals surface area contributed by atoms with Crippen LogP contribution in [0.5, 0.6) is 0 Å². The zero-order chi connectivity index (χ0) is 22.1. The van der Waals surface area contributed by atoms with Crippen LogP contribution in [0.3, 0.4) is 0 Å². The number of hydrogen-bond acceptors (Lipinski definition) is 6. The zero-order valence-corrected chi connectivity index (χ0v) is 18.4. The molecule has 30 heavy (non-hydrogen) atoms. The van der Waals surface area contributed by atoms with Crippen molar-refractivity contribution in [1.82, 2.24) is 0 Å². The summed E-state index contributed by atoms with van der Waals surface area (Å²) in [4.78, 5) is 36.2. The van der Waals surface area contributed by atoms with Crippen molar-refractivity contribution in [2.24, 2.45) is 34.5 Å². The predicted molar refractivity (Wildman–Crippen MR) is 109 cm³/mol. The molecule has 6 nitrogen and oxygen atoms in total. The first-order valence-corrected chi connectivity index (χ1v) is 11.3. The molecule has 6 heteroatoms. The highest BCUT2D eigenvalue weighted by Crippen LogP contribution is 2.68. The summed E-state index contributed by atoms with van der Waals surface area (Å²) in [5.74, 6) is -0.287. The van der Waals surface area contributed by atoms with Crippen LogP contribution in [0.25, 0.3) is 0 Å². The number of fused-ring (bicyclic) bond motifs is 5. The van der Waals surface area contributed by atoms with E-state index >= 15 is 0 Å². The van der Waals surface area contributed by atoms with Gasteiger partial charge in [-0.1, -0.05) is 26.3 Å². The molecular weight excluding hydrogens is 384 g/mol. The van der Waals surface area contributed by atoms with E-state index < -0.39 is 35.5 Å². The van der Waals surface area contributed by atoms with Gasteiger partial charge in [0.15, 0.2) is 12.4 Å². The number of rotatable bonds is 3. The average Bonchev–Trinajstić information content (AvgIpc) is 2.93. The highest BCUT2D eigenvalue weighted by Gasteiger charge is 2.68. The Hall–Kier alpha value is -1.53. The van der Waals surface area contributed by atoms with Gasteiger partial charge in [-0.05, 0) is 67.3 Å². The van der Waals surface area contributed by atoms with E-state index in [-0.39, 0.29) is 34.9 Å². The Labute approximate surface area is 178 Å². The molecule has 166 valence electrons. The lowest BCUT2D eigenvalue weighted by Crippen LogP contribution is -2.62. The van der Waals surface area contributed by atoms with Crippen LogP contribution in [0.2, 0.25) is 0 Å². The highest BCUT2D eigenvalue weighted by atomic mass is 16.5. The molecule has 0 saturated heterocycles. The molecule has 4 aliphatic rings. The summed E-state index contributed by atoms with van der Waals surface area (Å²) in [6.07, 6.45) is 4.66. The number of carbonyl (C=O) groups excluding carboxylic acids is 3. The molecule has 0 amide bonds. The van der Waals surface area contributed by atoms with E-state index in [2.05, 4.69) is 13.8 Å². The summed E-state index contributed by atoms with van der Waals surface area (Å²) in [5, 5.41) is 22.9. The molecule has 0 spiro atoms. The number of Topliss-reactive ketones (excluding diaryl/α,β-unsaturated/α-hetero) is 1. The first-order chi connectivity index (χ1) is 13.9. The minimum absolute atomic E-state index is 0.0250. The average molecular weight is 419 g/mol. The topological polar surface area (TPSA) is 101 Å². The fraction of sp³-hybridized carbons (Fsp3) is 0.792. The maximum absolute atomic E-state index is 12.9. The monoisotopic (exact) mass is 418 g/mol. The second-order valence-electron chi connectivity index (χ2n) is 10.7. The van der Waals surface area contributed by atoms with Crippen LogP contribution in [0, 0.1) is 34.5 Å². The van der Waals surface area contributed by atoms with Crippen LogP contribution in [0.4, 0.5) is 0 Å². The van der Waals surface area contributed by atoms with Gasteiger partial charge in [0.2, 0.25) is 5.78 Å². The summed E-state index contributed by atoms with van der Waals surface area (Å²) >= 11 is 0. The van der Waals surface area contributed by atoms with Crippen LogP contribution in [0.1, 0.15) is 66.2 Å². The molecule has 4 aliphatic carbocycles. The van der Waals surface area contributed by atoms with Gasteiger partial charge in [0.1, 0.15) is 5.60 Å². The van der Waals surface area contributed by atoms with Gasteiger partial charge in [-0.2, -0.15) is 0 Å². The van der Waals surface area contributed by atoms with Gasteiger partial charge >= 0.3 is 5.97 Å². The second kappa shape index (κ2) is 6.99. The first-order valence-electron chi connectivity index (χ1n) is 11.3. The number of ether oxygens (including phenoxy) is 1. The molecule has 0 aromatic carbocycles. The van der Waals surface area contributed by atoms with Crippen LogP contribution >= 0.6 is 0 Å². The number of ketones is 2. The third-order valence-electron chi connectivity index (χ3n) is 9.23. The molecular formula is C24H34O6. The van der Waals surface area contributed by atoms with Crippen molar-refractivity contribution in [2.75, 3.05) is 6.61 Å². The fourth-order valence-electron chi connectivity index (χ4n) is 7.87. The lowest BCUT2D eigenvalue weighted by molar-refractivity contribution is -0.186. The highest BCUT2D eigenvalue weighted by molar-refractivity contribution is 5.92. The van der Waals surface area contributed by atoms with Crippen molar-refractivity contribution in [3.8, 4) is 0 Å².